The Morgan fingerprint density at radius 2 is 2.12 bits per heavy atom. The fourth-order valence-corrected chi connectivity index (χ4v) is 3.57. The Hall–Kier alpha value is -3.56. The fraction of sp³-hybridized carbons (Fsp3) is 0.364. The van der Waals surface area contributed by atoms with E-state index in [1.807, 2.05) is 24.8 Å². The molecular weight excluding hydrogens is 508 g/mol. The van der Waals surface area contributed by atoms with Gasteiger partial charge in [-0.3, -0.25) is 14.9 Å². The van der Waals surface area contributed by atoms with Gasteiger partial charge in [0.15, 0.2) is 6.61 Å². The van der Waals surface area contributed by atoms with Gasteiger partial charge in [0.25, 0.3) is 11.6 Å². The zero-order chi connectivity index (χ0) is 25.3. The summed E-state index contributed by atoms with van der Waals surface area (Å²) in [6, 6.07) is 6.50. The van der Waals surface area contributed by atoms with Crippen molar-refractivity contribution in [2.75, 3.05) is 31.7 Å². The molecule has 0 aliphatic heterocycles. The van der Waals surface area contributed by atoms with Crippen LogP contribution < -0.4 is 15.1 Å². The lowest BCUT2D eigenvalue weighted by atomic mass is 10.1. The van der Waals surface area contributed by atoms with Crippen LogP contribution >= 0.6 is 15.9 Å². The maximum absolute atomic E-state index is 12.3. The summed E-state index contributed by atoms with van der Waals surface area (Å²) in [5.41, 5.74) is 4.79. The molecule has 0 unspecified atom stereocenters. The highest BCUT2D eigenvalue weighted by molar-refractivity contribution is 9.10. The highest BCUT2D eigenvalue weighted by atomic mass is 79.9. The quantitative estimate of drug-likeness (QED) is 0.263. The first-order valence-electron chi connectivity index (χ1n) is 10.3. The van der Waals surface area contributed by atoms with Gasteiger partial charge >= 0.3 is 0 Å². The van der Waals surface area contributed by atoms with E-state index in [-0.39, 0.29) is 23.7 Å². The monoisotopic (exact) mass is 532 g/mol. The van der Waals surface area contributed by atoms with Crippen LogP contribution in [0.25, 0.3) is 0 Å². The van der Waals surface area contributed by atoms with Gasteiger partial charge in [0.05, 0.1) is 23.4 Å². The number of aromatic nitrogens is 1. The number of anilines is 1. The van der Waals surface area contributed by atoms with Gasteiger partial charge in [-0.2, -0.15) is 10.4 Å². The van der Waals surface area contributed by atoms with Crippen LogP contribution in [0.1, 0.15) is 36.2 Å². The fourth-order valence-electron chi connectivity index (χ4n) is 3.17. The third kappa shape index (κ3) is 6.49. The van der Waals surface area contributed by atoms with Crippen LogP contribution in [0.2, 0.25) is 0 Å². The topological polar surface area (TPSA) is 143 Å². The van der Waals surface area contributed by atoms with Crippen molar-refractivity contribution in [2.45, 2.75) is 27.4 Å². The Morgan fingerprint density at radius 1 is 1.41 bits per heavy atom. The zero-order valence-electron chi connectivity index (χ0n) is 19.3. The lowest BCUT2D eigenvalue weighted by molar-refractivity contribution is -0.384. The molecule has 0 saturated carbocycles. The predicted octanol–water partition coefficient (Wildman–Crippen LogP) is 3.45. The molecule has 0 fully saturated rings. The molecule has 12 heteroatoms. The first-order chi connectivity index (χ1) is 16.3. The van der Waals surface area contributed by atoms with E-state index >= 15 is 0 Å². The molecule has 2 aromatic rings. The van der Waals surface area contributed by atoms with E-state index in [9.17, 15) is 20.2 Å². The van der Waals surface area contributed by atoms with Crippen molar-refractivity contribution in [1.82, 2.24) is 10.4 Å². The summed E-state index contributed by atoms with van der Waals surface area (Å²) in [6.07, 6.45) is 1.35. The molecule has 0 spiro atoms. The van der Waals surface area contributed by atoms with Crippen molar-refractivity contribution in [2.24, 2.45) is 5.10 Å². The molecule has 0 saturated heterocycles. The summed E-state index contributed by atoms with van der Waals surface area (Å²) in [7, 11) is 1.50. The Balaban J connectivity index is 2.16. The van der Waals surface area contributed by atoms with Gasteiger partial charge in [-0.05, 0) is 42.8 Å². The molecule has 1 heterocycles. The number of carbonyl (C=O) groups excluding carboxylic acids is 1. The van der Waals surface area contributed by atoms with E-state index in [2.05, 4.69) is 31.4 Å². The maximum atomic E-state index is 12.3. The number of ether oxygens (including phenoxy) is 2. The van der Waals surface area contributed by atoms with Crippen LogP contribution in [0, 0.1) is 28.4 Å². The minimum Gasteiger partial charge on any atom is -0.467 e. The van der Waals surface area contributed by atoms with Crippen LogP contribution in [-0.4, -0.2) is 48.8 Å². The maximum Gasteiger partial charge on any atom is 0.278 e. The summed E-state index contributed by atoms with van der Waals surface area (Å²) in [6.45, 7) is 6.78. The lowest BCUT2D eigenvalue weighted by Crippen LogP contribution is -2.26. The second kappa shape index (κ2) is 12.6. The summed E-state index contributed by atoms with van der Waals surface area (Å²) in [5, 5.41) is 24.6. The van der Waals surface area contributed by atoms with E-state index in [1.165, 1.54) is 25.5 Å². The van der Waals surface area contributed by atoms with E-state index in [0.29, 0.717) is 34.4 Å². The van der Waals surface area contributed by atoms with Crippen LogP contribution in [0.4, 0.5) is 11.4 Å². The van der Waals surface area contributed by atoms with Crippen LogP contribution in [-0.2, 0) is 16.1 Å². The van der Waals surface area contributed by atoms with E-state index in [0.717, 1.165) is 5.69 Å². The van der Waals surface area contributed by atoms with Crippen molar-refractivity contribution in [3.8, 4) is 11.9 Å². The number of nitro benzene ring substituents is 1. The van der Waals surface area contributed by atoms with Gasteiger partial charge in [-0.1, -0.05) is 0 Å². The number of hydrogen-bond donors (Lipinski definition) is 1. The Bertz CT molecular complexity index is 1130. The highest BCUT2D eigenvalue weighted by Gasteiger charge is 2.18. The highest BCUT2D eigenvalue weighted by Crippen LogP contribution is 2.30. The number of nitrogens with one attached hydrogen (secondary N) is 1. The molecule has 1 aromatic carbocycles. The number of amides is 1. The lowest BCUT2D eigenvalue weighted by Gasteiger charge is -2.22. The molecule has 0 atom stereocenters. The zero-order valence-corrected chi connectivity index (χ0v) is 20.9. The number of rotatable bonds is 11. The molecule has 34 heavy (non-hydrogen) atoms. The molecule has 0 aliphatic rings. The van der Waals surface area contributed by atoms with Gasteiger partial charge in [0, 0.05) is 53.6 Å². The largest absolute Gasteiger partial charge is 0.467 e. The third-order valence-corrected chi connectivity index (χ3v) is 5.88. The molecule has 1 N–H and O–H groups in total. The molecule has 0 aliphatic carbocycles. The average molecular weight is 533 g/mol. The number of hydrazone groups is 1. The van der Waals surface area contributed by atoms with Crippen molar-refractivity contribution in [3.05, 3.63) is 55.2 Å². The number of nitrogens with zero attached hydrogens (tertiary/aromatic N) is 5. The normalized spacial score (nSPS) is 10.7. The van der Waals surface area contributed by atoms with Crippen LogP contribution in [0.15, 0.2) is 27.8 Å². The number of benzene rings is 1. The van der Waals surface area contributed by atoms with Gasteiger partial charge < -0.3 is 14.4 Å². The summed E-state index contributed by atoms with van der Waals surface area (Å²) in [5.74, 6) is -0.581. The molecule has 1 aromatic heterocycles. The molecule has 180 valence electrons. The first kappa shape index (κ1) is 26.7. The minimum atomic E-state index is -0.592. The summed E-state index contributed by atoms with van der Waals surface area (Å²) in [4.78, 5) is 29.2. The van der Waals surface area contributed by atoms with Crippen molar-refractivity contribution >= 4 is 39.4 Å². The van der Waals surface area contributed by atoms with E-state index in [1.54, 1.807) is 13.0 Å². The summed E-state index contributed by atoms with van der Waals surface area (Å²) < 4.78 is 11.2. The Kier molecular flexibility index (Phi) is 9.91. The smallest absolute Gasteiger partial charge is 0.278 e. The number of halogens is 1. The van der Waals surface area contributed by atoms with E-state index < -0.39 is 17.4 Å². The first-order valence-corrected chi connectivity index (χ1v) is 11.1. The molecule has 2 rings (SSSR count). The SMILES string of the molecule is CCN(CC)c1ccc([N+](=O)[O-])cc1/C=N\NC(=O)COc1nc(C)c(Br)c(COC)c1C#N. The molecule has 0 radical (unpaired) electrons. The summed E-state index contributed by atoms with van der Waals surface area (Å²) >= 11 is 3.39. The van der Waals surface area contributed by atoms with Crippen LogP contribution in [0.3, 0.4) is 0 Å². The minimum absolute atomic E-state index is 0.0110. The molecule has 11 nitrogen and oxygen atoms in total. The number of aryl methyl sites for hydroxylation is 1. The van der Waals surface area contributed by atoms with Gasteiger partial charge in [-0.15, -0.1) is 0 Å². The number of non-ortho nitro benzene ring substituents is 1. The molecular formula is C22H25BrN6O5. The van der Waals surface area contributed by atoms with Crippen molar-refractivity contribution in [3.63, 3.8) is 0 Å². The van der Waals surface area contributed by atoms with E-state index in [4.69, 9.17) is 9.47 Å². The number of hydrogen-bond acceptors (Lipinski definition) is 9. The second-order valence-corrected chi connectivity index (χ2v) is 7.76. The van der Waals surface area contributed by atoms with Crippen molar-refractivity contribution in [1.29, 1.82) is 5.26 Å². The predicted molar refractivity (Wildman–Crippen MR) is 130 cm³/mol. The van der Waals surface area contributed by atoms with Crippen LogP contribution in [0.5, 0.6) is 5.88 Å². The van der Waals surface area contributed by atoms with Gasteiger partial charge in [0.2, 0.25) is 5.88 Å². The standard InChI is InChI=1S/C22H25BrN6O5/c1-5-28(6-2)19-8-7-16(29(31)32)9-15(19)11-25-27-20(30)13-34-22-17(10-24)18(12-33-4)21(23)14(3)26-22/h7-9,11H,5-6,12-13H2,1-4H3,(H,27,30)/b25-11-. The molecule has 1 amide bonds. The number of nitro groups is 1. The van der Waals surface area contributed by atoms with Gasteiger partial charge in [0.1, 0.15) is 11.6 Å². The number of methoxy groups -OCH3 is 1. The van der Waals surface area contributed by atoms with Crippen molar-refractivity contribution < 1.29 is 19.2 Å². The number of carbonyl (C=O) groups is 1. The Labute approximate surface area is 205 Å². The second-order valence-electron chi connectivity index (χ2n) is 6.97. The van der Waals surface area contributed by atoms with Gasteiger partial charge in [-0.25, -0.2) is 10.4 Å². The third-order valence-electron chi connectivity index (χ3n) is 4.83. The number of nitriles is 1. The molecule has 0 bridgehead atoms. The number of pyridine rings is 1. The Morgan fingerprint density at radius 3 is 2.71 bits per heavy atom. The average Bonchev–Trinajstić information content (AvgIpc) is 2.82.